The van der Waals surface area contributed by atoms with Gasteiger partial charge in [-0.3, -0.25) is 25.2 Å². The lowest BCUT2D eigenvalue weighted by molar-refractivity contribution is -0.121. The molecule has 1 aromatic heterocycles. The standard InChI is InChI=1S/C17H20N4O3S/c1-21(2)14-5-3-4-12(10-14)17(24)20-19-15(22)6-8-18-16(23)13-7-9-25-11-13/h3-5,7,9-11H,6,8H2,1-2H3,(H,18,23)(H,19,22)(H,20,24). The normalized spacial score (nSPS) is 10.0. The van der Waals surface area contributed by atoms with E-state index in [9.17, 15) is 14.4 Å². The highest BCUT2D eigenvalue weighted by atomic mass is 32.1. The van der Waals surface area contributed by atoms with Crippen molar-refractivity contribution >= 4 is 34.7 Å². The van der Waals surface area contributed by atoms with E-state index < -0.39 is 5.91 Å². The van der Waals surface area contributed by atoms with Gasteiger partial charge >= 0.3 is 0 Å². The van der Waals surface area contributed by atoms with E-state index in [-0.39, 0.29) is 24.8 Å². The van der Waals surface area contributed by atoms with Crippen molar-refractivity contribution in [1.82, 2.24) is 16.2 Å². The molecule has 3 N–H and O–H groups in total. The number of hydrogen-bond donors (Lipinski definition) is 3. The highest BCUT2D eigenvalue weighted by Gasteiger charge is 2.10. The Labute approximate surface area is 150 Å². The summed E-state index contributed by atoms with van der Waals surface area (Å²) in [5.74, 6) is -1.01. The van der Waals surface area contributed by atoms with Gasteiger partial charge in [-0.1, -0.05) is 6.07 Å². The molecule has 0 radical (unpaired) electrons. The molecule has 132 valence electrons. The first kappa shape index (κ1) is 18.5. The van der Waals surface area contributed by atoms with Gasteiger partial charge in [-0.15, -0.1) is 0 Å². The summed E-state index contributed by atoms with van der Waals surface area (Å²) in [5, 5.41) is 6.19. The minimum Gasteiger partial charge on any atom is -0.378 e. The molecule has 2 rings (SSSR count). The van der Waals surface area contributed by atoms with Crippen LogP contribution in [0.15, 0.2) is 41.1 Å². The number of carbonyl (C=O) groups excluding carboxylic acids is 3. The van der Waals surface area contributed by atoms with Crippen LogP contribution in [0.1, 0.15) is 27.1 Å². The summed E-state index contributed by atoms with van der Waals surface area (Å²) in [7, 11) is 3.76. The molecular weight excluding hydrogens is 340 g/mol. The third-order valence-electron chi connectivity index (χ3n) is 3.36. The maximum Gasteiger partial charge on any atom is 0.269 e. The SMILES string of the molecule is CN(C)c1cccc(C(=O)NNC(=O)CCNC(=O)c2ccsc2)c1. The van der Waals surface area contributed by atoms with Crippen LogP contribution in [0.4, 0.5) is 5.69 Å². The van der Waals surface area contributed by atoms with Crippen LogP contribution in [-0.2, 0) is 4.79 Å². The third-order valence-corrected chi connectivity index (χ3v) is 4.04. The second kappa shape index (κ2) is 8.84. The first-order valence-electron chi connectivity index (χ1n) is 7.64. The van der Waals surface area contributed by atoms with Crippen LogP contribution < -0.4 is 21.1 Å². The predicted molar refractivity (Wildman–Crippen MR) is 97.6 cm³/mol. The fourth-order valence-electron chi connectivity index (χ4n) is 1.97. The number of rotatable bonds is 6. The van der Waals surface area contributed by atoms with Crippen molar-refractivity contribution in [3.63, 3.8) is 0 Å². The van der Waals surface area contributed by atoms with Crippen LogP contribution in [-0.4, -0.2) is 38.4 Å². The molecule has 3 amide bonds. The van der Waals surface area contributed by atoms with E-state index in [1.54, 1.807) is 29.6 Å². The molecule has 0 aliphatic heterocycles. The van der Waals surface area contributed by atoms with Gasteiger partial charge in [0.05, 0.1) is 0 Å². The van der Waals surface area contributed by atoms with Crippen LogP contribution in [0.2, 0.25) is 0 Å². The van der Waals surface area contributed by atoms with E-state index >= 15 is 0 Å². The Kier molecular flexibility index (Phi) is 6.53. The predicted octanol–water partition coefficient (Wildman–Crippen LogP) is 1.40. The van der Waals surface area contributed by atoms with Crippen molar-refractivity contribution in [2.75, 3.05) is 25.5 Å². The van der Waals surface area contributed by atoms with E-state index in [4.69, 9.17) is 0 Å². The minimum absolute atomic E-state index is 0.0634. The molecule has 0 fully saturated rings. The molecule has 0 unspecified atom stereocenters. The first-order valence-corrected chi connectivity index (χ1v) is 8.58. The molecule has 7 nitrogen and oxygen atoms in total. The lowest BCUT2D eigenvalue weighted by Crippen LogP contribution is -2.42. The number of anilines is 1. The monoisotopic (exact) mass is 360 g/mol. The maximum absolute atomic E-state index is 12.0. The van der Waals surface area contributed by atoms with Gasteiger partial charge in [0.1, 0.15) is 0 Å². The molecule has 0 saturated heterocycles. The zero-order chi connectivity index (χ0) is 18.2. The number of carbonyl (C=O) groups is 3. The molecule has 2 aromatic rings. The quantitative estimate of drug-likeness (QED) is 0.679. The molecule has 0 aliphatic rings. The highest BCUT2D eigenvalue weighted by Crippen LogP contribution is 2.13. The van der Waals surface area contributed by atoms with Gasteiger partial charge in [-0.2, -0.15) is 11.3 Å². The summed E-state index contributed by atoms with van der Waals surface area (Å²) < 4.78 is 0. The Hall–Kier alpha value is -2.87. The number of benzene rings is 1. The lowest BCUT2D eigenvalue weighted by atomic mass is 10.2. The zero-order valence-corrected chi connectivity index (χ0v) is 14.9. The molecule has 0 atom stereocenters. The number of amides is 3. The molecule has 1 heterocycles. The second-order valence-corrected chi connectivity index (χ2v) is 6.25. The fraction of sp³-hybridized carbons (Fsp3) is 0.235. The van der Waals surface area contributed by atoms with Gasteiger partial charge < -0.3 is 10.2 Å². The van der Waals surface area contributed by atoms with Crippen molar-refractivity contribution in [1.29, 1.82) is 0 Å². The van der Waals surface area contributed by atoms with Crippen LogP contribution in [0.3, 0.4) is 0 Å². The van der Waals surface area contributed by atoms with E-state index in [0.717, 1.165) is 5.69 Å². The average molecular weight is 360 g/mol. The molecule has 25 heavy (non-hydrogen) atoms. The van der Waals surface area contributed by atoms with Crippen molar-refractivity contribution in [3.05, 3.63) is 52.2 Å². The summed E-state index contributed by atoms with van der Waals surface area (Å²) in [4.78, 5) is 37.4. The number of thiophene rings is 1. The summed E-state index contributed by atoms with van der Waals surface area (Å²) >= 11 is 1.43. The number of nitrogens with one attached hydrogen (secondary N) is 3. The highest BCUT2D eigenvalue weighted by molar-refractivity contribution is 7.08. The van der Waals surface area contributed by atoms with E-state index in [1.807, 2.05) is 30.4 Å². The van der Waals surface area contributed by atoms with Gasteiger partial charge in [-0.05, 0) is 29.6 Å². The molecule has 0 aliphatic carbocycles. The second-order valence-electron chi connectivity index (χ2n) is 5.46. The molecular formula is C17H20N4O3S. The Bertz CT molecular complexity index is 744. The number of hydrogen-bond acceptors (Lipinski definition) is 5. The van der Waals surface area contributed by atoms with E-state index in [2.05, 4.69) is 16.2 Å². The van der Waals surface area contributed by atoms with Gasteiger partial charge in [0.25, 0.3) is 11.8 Å². The van der Waals surface area contributed by atoms with Crippen LogP contribution >= 0.6 is 11.3 Å². The maximum atomic E-state index is 12.0. The van der Waals surface area contributed by atoms with Crippen LogP contribution in [0.5, 0.6) is 0 Å². The summed E-state index contributed by atoms with van der Waals surface area (Å²) in [6.07, 6.45) is 0.0634. The Morgan fingerprint density at radius 1 is 1.04 bits per heavy atom. The van der Waals surface area contributed by atoms with E-state index in [1.165, 1.54) is 11.3 Å². The summed E-state index contributed by atoms with van der Waals surface area (Å²) in [6, 6.07) is 8.75. The van der Waals surface area contributed by atoms with Crippen molar-refractivity contribution in [2.45, 2.75) is 6.42 Å². The topological polar surface area (TPSA) is 90.5 Å². The van der Waals surface area contributed by atoms with Gasteiger partial charge in [0.15, 0.2) is 0 Å². The Balaban J connectivity index is 1.73. The molecule has 0 saturated carbocycles. The van der Waals surface area contributed by atoms with E-state index in [0.29, 0.717) is 11.1 Å². The van der Waals surface area contributed by atoms with Crippen molar-refractivity contribution < 1.29 is 14.4 Å². The molecule has 0 bridgehead atoms. The Morgan fingerprint density at radius 2 is 1.84 bits per heavy atom. The van der Waals surface area contributed by atoms with Gasteiger partial charge in [0.2, 0.25) is 5.91 Å². The lowest BCUT2D eigenvalue weighted by Gasteiger charge is -2.13. The summed E-state index contributed by atoms with van der Waals surface area (Å²) in [6.45, 7) is 0.187. The van der Waals surface area contributed by atoms with Crippen molar-refractivity contribution in [2.24, 2.45) is 0 Å². The number of hydrazine groups is 1. The molecule has 0 spiro atoms. The van der Waals surface area contributed by atoms with Crippen LogP contribution in [0, 0.1) is 0 Å². The molecule has 1 aromatic carbocycles. The first-order chi connectivity index (χ1) is 12.0. The van der Waals surface area contributed by atoms with Crippen LogP contribution in [0.25, 0.3) is 0 Å². The minimum atomic E-state index is -0.403. The number of nitrogens with zero attached hydrogens (tertiary/aromatic N) is 1. The molecule has 8 heteroatoms. The van der Waals surface area contributed by atoms with Gasteiger partial charge in [-0.25, -0.2) is 0 Å². The summed E-state index contributed by atoms with van der Waals surface area (Å²) in [5.41, 5.74) is 6.59. The van der Waals surface area contributed by atoms with Gasteiger partial charge in [0, 0.05) is 49.3 Å². The van der Waals surface area contributed by atoms with Crippen molar-refractivity contribution in [3.8, 4) is 0 Å². The largest absolute Gasteiger partial charge is 0.378 e. The third kappa shape index (κ3) is 5.61. The average Bonchev–Trinajstić information content (AvgIpc) is 3.14. The fourth-order valence-corrected chi connectivity index (χ4v) is 2.61. The smallest absolute Gasteiger partial charge is 0.269 e. The Morgan fingerprint density at radius 3 is 2.52 bits per heavy atom. The zero-order valence-electron chi connectivity index (χ0n) is 14.0.